The van der Waals surface area contributed by atoms with Gasteiger partial charge in [0.1, 0.15) is 24.8 Å². The molecule has 0 aliphatic carbocycles. The van der Waals surface area contributed by atoms with Gasteiger partial charge in [0.15, 0.2) is 11.9 Å². The molecule has 1 aliphatic rings. The van der Waals surface area contributed by atoms with Crippen LogP contribution in [0.15, 0.2) is 60.0 Å². The van der Waals surface area contributed by atoms with E-state index >= 15 is 0 Å². The molecule has 1 heterocycles. The number of rotatable bonds is 8. The third-order valence-electron chi connectivity index (χ3n) is 4.01. The second-order valence-electron chi connectivity index (χ2n) is 5.86. The van der Waals surface area contributed by atoms with Crippen molar-refractivity contribution < 1.29 is 32.9 Å². The molecule has 2 aromatic carbocycles. The third-order valence-corrected chi connectivity index (χ3v) is 4.01. The van der Waals surface area contributed by atoms with Crippen molar-refractivity contribution >= 4 is 5.97 Å². The lowest BCUT2D eigenvalue weighted by Gasteiger charge is -2.14. The fraction of sp³-hybridized carbons (Fsp3) is 0.250. The number of esters is 1. The Morgan fingerprint density at radius 2 is 1.48 bits per heavy atom. The summed E-state index contributed by atoms with van der Waals surface area (Å²) in [7, 11) is 0. The van der Waals surface area contributed by atoms with Crippen molar-refractivity contribution in [2.75, 3.05) is 6.61 Å². The first-order chi connectivity index (χ1) is 13.1. The zero-order chi connectivity index (χ0) is 19.2. The lowest BCUT2D eigenvalue weighted by Crippen LogP contribution is -2.15. The van der Waals surface area contributed by atoms with Gasteiger partial charge in [0, 0.05) is 24.2 Å². The molecule has 0 amide bonds. The van der Waals surface area contributed by atoms with E-state index in [2.05, 4.69) is 0 Å². The standard InChI is InChI=1S/C20H18F2O5/c21-15-7-3-1-5-13(15)11-25-18-17(9-10-23)27-20(24)19(18)26-12-14-6-2-4-8-16(14)22/h1-8,17,23H,9-12H2. The molecule has 0 fully saturated rings. The molecule has 0 saturated carbocycles. The smallest absolute Gasteiger partial charge is 0.378 e. The fourth-order valence-corrected chi connectivity index (χ4v) is 2.62. The van der Waals surface area contributed by atoms with E-state index in [9.17, 15) is 18.7 Å². The molecule has 1 atom stereocenters. The summed E-state index contributed by atoms with van der Waals surface area (Å²) < 4.78 is 43.7. The predicted octanol–water partition coefficient (Wildman–Crippen LogP) is 3.22. The van der Waals surface area contributed by atoms with Crippen molar-refractivity contribution in [2.45, 2.75) is 25.7 Å². The normalized spacial score (nSPS) is 16.4. The average molecular weight is 376 g/mol. The zero-order valence-corrected chi connectivity index (χ0v) is 14.4. The van der Waals surface area contributed by atoms with Crippen LogP contribution in [0.5, 0.6) is 0 Å². The van der Waals surface area contributed by atoms with Gasteiger partial charge in [0.2, 0.25) is 5.76 Å². The average Bonchev–Trinajstić information content (AvgIpc) is 2.95. The van der Waals surface area contributed by atoms with Crippen molar-refractivity contribution in [3.8, 4) is 0 Å². The Bertz CT molecular complexity index is 850. The van der Waals surface area contributed by atoms with Crippen LogP contribution >= 0.6 is 0 Å². The van der Waals surface area contributed by atoms with Gasteiger partial charge in [-0.2, -0.15) is 0 Å². The highest BCUT2D eigenvalue weighted by atomic mass is 19.1. The molecule has 0 saturated heterocycles. The minimum atomic E-state index is -0.843. The number of aliphatic hydroxyl groups excluding tert-OH is 1. The van der Waals surface area contributed by atoms with Crippen LogP contribution in [0.1, 0.15) is 17.5 Å². The number of benzene rings is 2. The van der Waals surface area contributed by atoms with Crippen LogP contribution in [0.2, 0.25) is 0 Å². The maximum Gasteiger partial charge on any atom is 0.378 e. The summed E-state index contributed by atoms with van der Waals surface area (Å²) in [6, 6.07) is 12.1. The van der Waals surface area contributed by atoms with E-state index in [1.54, 1.807) is 30.3 Å². The van der Waals surface area contributed by atoms with E-state index in [-0.39, 0.29) is 43.3 Å². The summed E-state index contributed by atoms with van der Waals surface area (Å²) >= 11 is 0. The van der Waals surface area contributed by atoms with E-state index in [1.807, 2.05) is 0 Å². The molecule has 0 bridgehead atoms. The summed E-state index contributed by atoms with van der Waals surface area (Å²) in [5, 5.41) is 9.17. The third kappa shape index (κ3) is 4.43. The predicted molar refractivity (Wildman–Crippen MR) is 91.0 cm³/mol. The Morgan fingerprint density at radius 3 is 2.04 bits per heavy atom. The van der Waals surface area contributed by atoms with Crippen LogP contribution in [-0.2, 0) is 32.2 Å². The molecule has 142 valence electrons. The number of carbonyl (C=O) groups excluding carboxylic acids is 1. The van der Waals surface area contributed by atoms with Crippen molar-refractivity contribution in [1.82, 2.24) is 0 Å². The second kappa shape index (κ2) is 8.64. The highest BCUT2D eigenvalue weighted by Gasteiger charge is 2.37. The Kier molecular flexibility index (Phi) is 6.03. The van der Waals surface area contributed by atoms with Gasteiger partial charge in [-0.15, -0.1) is 0 Å². The Balaban J connectivity index is 1.79. The minimum absolute atomic E-state index is 0.0636. The molecule has 1 unspecified atom stereocenters. The van der Waals surface area contributed by atoms with E-state index in [0.717, 1.165) is 0 Å². The van der Waals surface area contributed by atoms with Gasteiger partial charge in [0.05, 0.1) is 0 Å². The molecule has 5 nitrogen and oxygen atoms in total. The van der Waals surface area contributed by atoms with E-state index in [1.165, 1.54) is 18.2 Å². The number of carbonyl (C=O) groups is 1. The van der Waals surface area contributed by atoms with Crippen LogP contribution in [0.4, 0.5) is 8.78 Å². The summed E-state index contributed by atoms with van der Waals surface area (Å²) in [6.45, 7) is -0.590. The van der Waals surface area contributed by atoms with Crippen LogP contribution in [-0.4, -0.2) is 23.8 Å². The monoisotopic (exact) mass is 376 g/mol. The van der Waals surface area contributed by atoms with Crippen molar-refractivity contribution in [3.63, 3.8) is 0 Å². The summed E-state index contributed by atoms with van der Waals surface area (Å²) in [5.74, 6) is -1.82. The molecular weight excluding hydrogens is 358 g/mol. The molecule has 0 spiro atoms. The van der Waals surface area contributed by atoms with Gasteiger partial charge in [-0.25, -0.2) is 13.6 Å². The summed E-state index contributed by atoms with van der Waals surface area (Å²) in [4.78, 5) is 12.1. The van der Waals surface area contributed by atoms with Gasteiger partial charge in [0.25, 0.3) is 0 Å². The molecule has 1 aliphatic heterocycles. The Labute approximate surface area is 154 Å². The largest absolute Gasteiger partial charge is 0.485 e. The molecule has 0 radical (unpaired) electrons. The van der Waals surface area contributed by atoms with Gasteiger partial charge in [-0.05, 0) is 12.1 Å². The summed E-state index contributed by atoms with van der Waals surface area (Å²) in [5.41, 5.74) is 0.553. The maximum atomic E-state index is 13.8. The van der Waals surface area contributed by atoms with Crippen molar-refractivity contribution in [3.05, 3.63) is 82.8 Å². The molecule has 1 N–H and O–H groups in total. The first kappa shape index (κ1) is 18.8. The molecule has 0 aromatic heterocycles. The van der Waals surface area contributed by atoms with E-state index in [0.29, 0.717) is 5.56 Å². The van der Waals surface area contributed by atoms with Gasteiger partial charge >= 0.3 is 5.97 Å². The molecule has 2 aromatic rings. The number of halogens is 2. The fourth-order valence-electron chi connectivity index (χ4n) is 2.62. The lowest BCUT2D eigenvalue weighted by molar-refractivity contribution is -0.143. The number of ether oxygens (including phenoxy) is 3. The molecular formula is C20H18F2O5. The van der Waals surface area contributed by atoms with Gasteiger partial charge < -0.3 is 19.3 Å². The Hall–Kier alpha value is -2.93. The van der Waals surface area contributed by atoms with Gasteiger partial charge in [-0.1, -0.05) is 36.4 Å². The van der Waals surface area contributed by atoms with Gasteiger partial charge in [-0.3, -0.25) is 0 Å². The number of hydrogen-bond donors (Lipinski definition) is 1. The van der Waals surface area contributed by atoms with Crippen molar-refractivity contribution in [2.24, 2.45) is 0 Å². The first-order valence-corrected chi connectivity index (χ1v) is 8.38. The second-order valence-corrected chi connectivity index (χ2v) is 5.86. The van der Waals surface area contributed by atoms with E-state index in [4.69, 9.17) is 14.2 Å². The number of hydrogen-bond acceptors (Lipinski definition) is 5. The SMILES string of the molecule is O=C1OC(CCO)C(OCc2ccccc2F)=C1OCc1ccccc1F. The van der Waals surface area contributed by atoms with Crippen LogP contribution in [0.25, 0.3) is 0 Å². The molecule has 3 rings (SSSR count). The number of cyclic esters (lactones) is 1. The maximum absolute atomic E-state index is 13.8. The minimum Gasteiger partial charge on any atom is -0.485 e. The van der Waals surface area contributed by atoms with Crippen LogP contribution < -0.4 is 0 Å². The molecule has 7 heteroatoms. The Morgan fingerprint density at radius 1 is 0.926 bits per heavy atom. The number of aliphatic hydroxyl groups is 1. The highest BCUT2D eigenvalue weighted by molar-refractivity contribution is 5.89. The topological polar surface area (TPSA) is 65.0 Å². The zero-order valence-electron chi connectivity index (χ0n) is 14.4. The van der Waals surface area contributed by atoms with Crippen LogP contribution in [0, 0.1) is 11.6 Å². The lowest BCUT2D eigenvalue weighted by atomic mass is 10.2. The van der Waals surface area contributed by atoms with Crippen molar-refractivity contribution in [1.29, 1.82) is 0 Å². The highest BCUT2D eigenvalue weighted by Crippen LogP contribution is 2.29. The molecule has 27 heavy (non-hydrogen) atoms. The van der Waals surface area contributed by atoms with E-state index < -0.39 is 23.7 Å². The first-order valence-electron chi connectivity index (χ1n) is 8.38. The summed E-state index contributed by atoms with van der Waals surface area (Å²) in [6.07, 6.45) is -0.741. The van der Waals surface area contributed by atoms with Crippen LogP contribution in [0.3, 0.4) is 0 Å². The quantitative estimate of drug-likeness (QED) is 0.717.